The lowest BCUT2D eigenvalue weighted by Crippen LogP contribution is -2.25. The van der Waals surface area contributed by atoms with Gasteiger partial charge in [0.05, 0.1) is 0 Å². The normalized spacial score (nSPS) is 16.7. The summed E-state index contributed by atoms with van der Waals surface area (Å²) in [5, 5.41) is 0. The van der Waals surface area contributed by atoms with Crippen molar-refractivity contribution < 1.29 is 4.79 Å². The number of hydrogen-bond donors (Lipinski definition) is 0. The minimum absolute atomic E-state index is 0.245. The van der Waals surface area contributed by atoms with Gasteiger partial charge in [0, 0.05) is 25.7 Å². The van der Waals surface area contributed by atoms with E-state index in [4.69, 9.17) is 0 Å². The molecule has 2 heteroatoms. The van der Waals surface area contributed by atoms with E-state index < -0.39 is 0 Å². The Morgan fingerprint density at radius 3 is 3.08 bits per heavy atom. The van der Waals surface area contributed by atoms with Crippen molar-refractivity contribution in [1.29, 1.82) is 0 Å². The fourth-order valence-electron chi connectivity index (χ4n) is 1.23. The van der Waals surface area contributed by atoms with Crippen LogP contribution in [0.2, 0.25) is 0 Å². The molecule has 0 N–H and O–H groups in total. The average Bonchev–Trinajstić information content (AvgIpc) is 2.09. The van der Waals surface area contributed by atoms with Crippen LogP contribution in [0.4, 0.5) is 0 Å². The zero-order valence-electron chi connectivity index (χ0n) is 7.33. The zero-order chi connectivity index (χ0) is 8.81. The number of rotatable bonds is 4. The maximum Gasteiger partial charge on any atom is 0.158 e. The van der Waals surface area contributed by atoms with Gasteiger partial charge in [0.2, 0.25) is 0 Å². The highest BCUT2D eigenvalue weighted by Gasteiger charge is 2.07. The number of unbranched alkanes of at least 4 members (excludes halogenated alkanes) is 1. The van der Waals surface area contributed by atoms with Crippen LogP contribution in [0.15, 0.2) is 24.9 Å². The molecule has 0 amide bonds. The van der Waals surface area contributed by atoms with Gasteiger partial charge < -0.3 is 4.90 Å². The van der Waals surface area contributed by atoms with Gasteiger partial charge in [0.1, 0.15) is 0 Å². The molecule has 0 unspecified atom stereocenters. The lowest BCUT2D eigenvalue weighted by Gasteiger charge is -2.22. The molecule has 0 aromatic rings. The van der Waals surface area contributed by atoms with Gasteiger partial charge in [-0.2, -0.15) is 0 Å². The number of hydrogen-bond acceptors (Lipinski definition) is 2. The smallest absolute Gasteiger partial charge is 0.158 e. The molecule has 0 bridgehead atoms. The first-order valence-corrected chi connectivity index (χ1v) is 4.39. The molecule has 0 saturated carbocycles. The molecule has 1 rings (SSSR count). The Labute approximate surface area is 73.6 Å². The van der Waals surface area contributed by atoms with Crippen LogP contribution >= 0.6 is 0 Å². The van der Waals surface area contributed by atoms with Crippen molar-refractivity contribution in [3.8, 4) is 0 Å². The highest BCUT2D eigenvalue weighted by atomic mass is 16.1. The van der Waals surface area contributed by atoms with Gasteiger partial charge in [-0.25, -0.2) is 0 Å². The molecule has 0 aromatic heterocycles. The van der Waals surface area contributed by atoms with Gasteiger partial charge in [-0.3, -0.25) is 4.79 Å². The van der Waals surface area contributed by atoms with Crippen molar-refractivity contribution in [3.05, 3.63) is 24.9 Å². The summed E-state index contributed by atoms with van der Waals surface area (Å²) >= 11 is 0. The van der Waals surface area contributed by atoms with E-state index >= 15 is 0 Å². The lowest BCUT2D eigenvalue weighted by atomic mass is 10.2. The Bertz CT molecular complexity index is 196. The van der Waals surface area contributed by atoms with Gasteiger partial charge >= 0.3 is 0 Å². The lowest BCUT2D eigenvalue weighted by molar-refractivity contribution is -0.115. The molecule has 2 nitrogen and oxygen atoms in total. The van der Waals surface area contributed by atoms with Crippen molar-refractivity contribution in [2.45, 2.75) is 19.3 Å². The van der Waals surface area contributed by atoms with Crippen LogP contribution in [0.1, 0.15) is 19.3 Å². The van der Waals surface area contributed by atoms with Crippen molar-refractivity contribution in [2.75, 3.05) is 13.1 Å². The third-order valence-corrected chi connectivity index (χ3v) is 1.97. The molecule has 1 aliphatic rings. The Morgan fingerprint density at radius 2 is 2.50 bits per heavy atom. The highest BCUT2D eigenvalue weighted by molar-refractivity contribution is 5.90. The van der Waals surface area contributed by atoms with E-state index in [1.165, 1.54) is 0 Å². The van der Waals surface area contributed by atoms with E-state index in [-0.39, 0.29) is 5.78 Å². The summed E-state index contributed by atoms with van der Waals surface area (Å²) in [4.78, 5) is 13.0. The molecule has 1 heterocycles. The van der Waals surface area contributed by atoms with E-state index in [9.17, 15) is 4.79 Å². The van der Waals surface area contributed by atoms with E-state index in [1.807, 2.05) is 12.3 Å². The van der Waals surface area contributed by atoms with Gasteiger partial charge in [0.25, 0.3) is 0 Å². The van der Waals surface area contributed by atoms with E-state index in [0.717, 1.165) is 25.9 Å². The second-order valence-electron chi connectivity index (χ2n) is 3.00. The molecule has 0 fully saturated rings. The second kappa shape index (κ2) is 4.75. The zero-order valence-corrected chi connectivity index (χ0v) is 7.33. The van der Waals surface area contributed by atoms with E-state index in [2.05, 4.69) is 11.5 Å². The van der Waals surface area contributed by atoms with Crippen LogP contribution < -0.4 is 0 Å². The third kappa shape index (κ3) is 2.91. The molecule has 0 atom stereocenters. The van der Waals surface area contributed by atoms with Crippen LogP contribution in [-0.4, -0.2) is 23.8 Å². The monoisotopic (exact) mass is 165 g/mol. The third-order valence-electron chi connectivity index (χ3n) is 1.97. The summed E-state index contributed by atoms with van der Waals surface area (Å²) in [6.07, 6.45) is 8.34. The largest absolute Gasteiger partial charge is 0.377 e. The SMILES string of the molecule is C=CCCCN1C=CC(=O)CC1. The number of allylic oxidation sites excluding steroid dienone is 2. The van der Waals surface area contributed by atoms with Crippen LogP contribution in [0.5, 0.6) is 0 Å². The minimum atomic E-state index is 0.245. The van der Waals surface area contributed by atoms with Crippen LogP contribution in [-0.2, 0) is 4.79 Å². The van der Waals surface area contributed by atoms with Gasteiger partial charge in [-0.1, -0.05) is 6.08 Å². The fraction of sp³-hybridized carbons (Fsp3) is 0.500. The molecule has 0 aromatic carbocycles. The molecule has 0 radical (unpaired) electrons. The molecule has 1 aliphatic heterocycles. The molecule has 0 spiro atoms. The standard InChI is InChI=1S/C10H15NO/c1-2-3-4-7-11-8-5-10(12)6-9-11/h2,5,8H,1,3-4,6-7,9H2. The predicted molar refractivity (Wildman–Crippen MR) is 49.8 cm³/mol. The molecular weight excluding hydrogens is 150 g/mol. The van der Waals surface area contributed by atoms with Crippen molar-refractivity contribution in [3.63, 3.8) is 0 Å². The molecule has 0 saturated heterocycles. The van der Waals surface area contributed by atoms with Gasteiger partial charge in [-0.05, 0) is 18.9 Å². The van der Waals surface area contributed by atoms with Crippen LogP contribution in [0, 0.1) is 0 Å². The molecule has 0 aliphatic carbocycles. The summed E-state index contributed by atoms with van der Waals surface area (Å²) < 4.78 is 0. The number of carbonyl (C=O) groups excluding carboxylic acids is 1. The number of nitrogens with zero attached hydrogens (tertiary/aromatic N) is 1. The summed E-state index contributed by atoms with van der Waals surface area (Å²) in [6.45, 7) is 5.58. The first kappa shape index (κ1) is 9.04. The van der Waals surface area contributed by atoms with Crippen molar-refractivity contribution >= 4 is 5.78 Å². The predicted octanol–water partition coefficient (Wildman–Crippen LogP) is 1.74. The summed E-state index contributed by atoms with van der Waals surface area (Å²) in [7, 11) is 0. The summed E-state index contributed by atoms with van der Waals surface area (Å²) in [5.41, 5.74) is 0. The number of carbonyl (C=O) groups is 1. The second-order valence-corrected chi connectivity index (χ2v) is 3.00. The van der Waals surface area contributed by atoms with E-state index in [1.54, 1.807) is 6.08 Å². The Hall–Kier alpha value is -1.05. The highest BCUT2D eigenvalue weighted by Crippen LogP contribution is 2.04. The van der Waals surface area contributed by atoms with Crippen LogP contribution in [0.3, 0.4) is 0 Å². The average molecular weight is 165 g/mol. The molecular formula is C10H15NO. The topological polar surface area (TPSA) is 20.3 Å². The van der Waals surface area contributed by atoms with Crippen LogP contribution in [0.25, 0.3) is 0 Å². The summed E-state index contributed by atoms with van der Waals surface area (Å²) in [6, 6.07) is 0. The van der Waals surface area contributed by atoms with E-state index in [0.29, 0.717) is 6.42 Å². The Morgan fingerprint density at radius 1 is 1.67 bits per heavy atom. The number of ketones is 1. The Balaban J connectivity index is 2.21. The maximum absolute atomic E-state index is 10.8. The molecule has 66 valence electrons. The Kier molecular flexibility index (Phi) is 3.58. The quantitative estimate of drug-likeness (QED) is 0.467. The fourth-order valence-corrected chi connectivity index (χ4v) is 1.23. The first-order chi connectivity index (χ1) is 5.83. The van der Waals surface area contributed by atoms with Gasteiger partial charge in [-0.15, -0.1) is 6.58 Å². The minimum Gasteiger partial charge on any atom is -0.377 e. The summed E-state index contributed by atoms with van der Waals surface area (Å²) in [5.74, 6) is 0.245. The van der Waals surface area contributed by atoms with Gasteiger partial charge in [0.15, 0.2) is 5.78 Å². The molecule has 12 heavy (non-hydrogen) atoms. The maximum atomic E-state index is 10.8. The van der Waals surface area contributed by atoms with Crippen molar-refractivity contribution in [1.82, 2.24) is 4.90 Å². The van der Waals surface area contributed by atoms with Crippen molar-refractivity contribution in [2.24, 2.45) is 0 Å². The first-order valence-electron chi connectivity index (χ1n) is 4.39.